The van der Waals surface area contributed by atoms with Crippen LogP contribution in [0.1, 0.15) is 24.1 Å². The number of carbonyl (C=O) groups excluding carboxylic acids is 1. The lowest BCUT2D eigenvalue weighted by molar-refractivity contribution is -0.121. The van der Waals surface area contributed by atoms with Crippen LogP contribution in [0.2, 0.25) is 0 Å². The Kier molecular flexibility index (Phi) is 4.33. The first-order chi connectivity index (χ1) is 11.2. The van der Waals surface area contributed by atoms with Crippen molar-refractivity contribution in [1.82, 2.24) is 10.3 Å². The number of hydrogen-bond donors (Lipinski definition) is 2. The number of fused-ring (bicyclic) bond motifs is 1. The zero-order valence-corrected chi connectivity index (χ0v) is 13.3. The Hall–Kier alpha value is -2.75. The van der Waals surface area contributed by atoms with Crippen LogP contribution in [0.5, 0.6) is 5.75 Å². The van der Waals surface area contributed by atoms with E-state index in [4.69, 9.17) is 4.74 Å². The number of rotatable bonds is 5. The molecule has 23 heavy (non-hydrogen) atoms. The van der Waals surface area contributed by atoms with E-state index in [9.17, 15) is 4.79 Å². The van der Waals surface area contributed by atoms with Gasteiger partial charge in [-0.15, -0.1) is 0 Å². The Morgan fingerprint density at radius 1 is 1.17 bits per heavy atom. The second-order valence-electron chi connectivity index (χ2n) is 5.64. The quantitative estimate of drug-likeness (QED) is 0.756. The largest absolute Gasteiger partial charge is 0.497 e. The summed E-state index contributed by atoms with van der Waals surface area (Å²) in [6.45, 7) is 1.98. The second-order valence-corrected chi connectivity index (χ2v) is 5.64. The lowest BCUT2D eigenvalue weighted by Gasteiger charge is -2.15. The Bertz CT molecular complexity index is 806. The van der Waals surface area contributed by atoms with Gasteiger partial charge in [0.2, 0.25) is 5.91 Å². The predicted octanol–water partition coefficient (Wildman–Crippen LogP) is 3.60. The zero-order valence-electron chi connectivity index (χ0n) is 13.3. The smallest absolute Gasteiger partial charge is 0.224 e. The molecule has 1 heterocycles. The summed E-state index contributed by atoms with van der Waals surface area (Å²) in [5.41, 5.74) is 3.15. The summed E-state index contributed by atoms with van der Waals surface area (Å²) in [5, 5.41) is 4.16. The summed E-state index contributed by atoms with van der Waals surface area (Å²) < 4.78 is 5.15. The van der Waals surface area contributed by atoms with Gasteiger partial charge in [-0.1, -0.05) is 18.2 Å². The van der Waals surface area contributed by atoms with Crippen LogP contribution >= 0.6 is 0 Å². The number of nitrogens with one attached hydrogen (secondary N) is 2. The SMILES string of the molecule is COc1ccc(C(C)NC(=O)Cc2ccc3[nH]ccc3c2)cc1. The first-order valence-electron chi connectivity index (χ1n) is 7.65. The van der Waals surface area contributed by atoms with Gasteiger partial charge in [0.1, 0.15) is 5.75 Å². The molecule has 2 aromatic carbocycles. The van der Waals surface area contributed by atoms with Gasteiger partial charge in [0.05, 0.1) is 19.6 Å². The molecule has 1 amide bonds. The van der Waals surface area contributed by atoms with E-state index in [-0.39, 0.29) is 11.9 Å². The molecule has 0 bridgehead atoms. The van der Waals surface area contributed by atoms with E-state index in [0.29, 0.717) is 6.42 Å². The molecule has 4 heteroatoms. The highest BCUT2D eigenvalue weighted by atomic mass is 16.5. The topological polar surface area (TPSA) is 54.1 Å². The lowest BCUT2D eigenvalue weighted by atomic mass is 10.1. The van der Waals surface area contributed by atoms with Gasteiger partial charge in [0.25, 0.3) is 0 Å². The molecule has 0 aliphatic rings. The van der Waals surface area contributed by atoms with Gasteiger partial charge in [-0.25, -0.2) is 0 Å². The van der Waals surface area contributed by atoms with Gasteiger partial charge in [-0.3, -0.25) is 4.79 Å². The standard InChI is InChI=1S/C19H20N2O2/c1-13(15-4-6-17(23-2)7-5-15)21-19(22)12-14-3-8-18-16(11-14)9-10-20-18/h3-11,13,20H,12H2,1-2H3,(H,21,22). The Labute approximate surface area is 135 Å². The third-order valence-electron chi connectivity index (χ3n) is 3.98. The van der Waals surface area contributed by atoms with E-state index in [1.165, 1.54) is 0 Å². The molecule has 118 valence electrons. The van der Waals surface area contributed by atoms with Gasteiger partial charge >= 0.3 is 0 Å². The molecule has 1 unspecified atom stereocenters. The first kappa shape index (κ1) is 15.2. The minimum absolute atomic E-state index is 0.0169. The van der Waals surface area contributed by atoms with Gasteiger partial charge in [-0.2, -0.15) is 0 Å². The highest BCUT2D eigenvalue weighted by molar-refractivity contribution is 5.83. The van der Waals surface area contributed by atoms with E-state index in [0.717, 1.165) is 27.8 Å². The molecule has 1 aromatic heterocycles. The third-order valence-corrected chi connectivity index (χ3v) is 3.98. The lowest BCUT2D eigenvalue weighted by Crippen LogP contribution is -2.28. The number of methoxy groups -OCH3 is 1. The van der Waals surface area contributed by atoms with Crippen molar-refractivity contribution in [2.45, 2.75) is 19.4 Å². The van der Waals surface area contributed by atoms with E-state index in [2.05, 4.69) is 10.3 Å². The molecule has 0 aliphatic carbocycles. The van der Waals surface area contributed by atoms with Crippen LogP contribution in [0.25, 0.3) is 10.9 Å². The van der Waals surface area contributed by atoms with Crippen molar-refractivity contribution in [1.29, 1.82) is 0 Å². The number of aromatic nitrogens is 1. The van der Waals surface area contributed by atoms with Crippen molar-refractivity contribution < 1.29 is 9.53 Å². The zero-order chi connectivity index (χ0) is 16.2. The molecule has 0 fully saturated rings. The van der Waals surface area contributed by atoms with E-state index >= 15 is 0 Å². The normalized spacial score (nSPS) is 12.1. The van der Waals surface area contributed by atoms with Crippen molar-refractivity contribution >= 4 is 16.8 Å². The average molecular weight is 308 g/mol. The van der Waals surface area contributed by atoms with Gasteiger partial charge in [0, 0.05) is 11.7 Å². The summed E-state index contributed by atoms with van der Waals surface area (Å²) in [7, 11) is 1.64. The van der Waals surface area contributed by atoms with Crippen LogP contribution in [0, 0.1) is 0 Å². The van der Waals surface area contributed by atoms with E-state index in [1.54, 1.807) is 7.11 Å². The molecule has 0 saturated heterocycles. The van der Waals surface area contributed by atoms with Gasteiger partial charge in [0.15, 0.2) is 0 Å². The first-order valence-corrected chi connectivity index (χ1v) is 7.65. The van der Waals surface area contributed by atoms with Crippen molar-refractivity contribution in [3.05, 3.63) is 65.9 Å². The molecule has 0 spiro atoms. The Morgan fingerprint density at radius 3 is 2.70 bits per heavy atom. The number of carbonyl (C=O) groups is 1. The number of hydrogen-bond acceptors (Lipinski definition) is 2. The number of ether oxygens (including phenoxy) is 1. The van der Waals surface area contributed by atoms with Gasteiger partial charge < -0.3 is 15.0 Å². The number of benzene rings is 2. The molecule has 3 rings (SSSR count). The Balaban J connectivity index is 1.63. The van der Waals surface area contributed by atoms with Crippen molar-refractivity contribution in [3.8, 4) is 5.75 Å². The minimum Gasteiger partial charge on any atom is -0.497 e. The number of amides is 1. The molecule has 0 radical (unpaired) electrons. The third kappa shape index (κ3) is 3.54. The predicted molar refractivity (Wildman–Crippen MR) is 91.6 cm³/mol. The van der Waals surface area contributed by atoms with Crippen molar-refractivity contribution in [2.24, 2.45) is 0 Å². The molecule has 1 atom stereocenters. The summed E-state index contributed by atoms with van der Waals surface area (Å²) >= 11 is 0. The molecule has 2 N–H and O–H groups in total. The molecular weight excluding hydrogens is 288 g/mol. The maximum atomic E-state index is 12.3. The van der Waals surface area contributed by atoms with Crippen LogP contribution in [0.15, 0.2) is 54.7 Å². The molecule has 4 nitrogen and oxygen atoms in total. The fraction of sp³-hybridized carbons (Fsp3) is 0.211. The fourth-order valence-corrected chi connectivity index (χ4v) is 2.67. The van der Waals surface area contributed by atoms with Crippen molar-refractivity contribution in [2.75, 3.05) is 7.11 Å². The van der Waals surface area contributed by atoms with Crippen LogP contribution in [-0.4, -0.2) is 18.0 Å². The minimum atomic E-state index is -0.0376. The maximum absolute atomic E-state index is 12.3. The van der Waals surface area contributed by atoms with Crippen LogP contribution in [0.4, 0.5) is 0 Å². The number of H-pyrrole nitrogens is 1. The average Bonchev–Trinajstić information content (AvgIpc) is 3.02. The summed E-state index contributed by atoms with van der Waals surface area (Å²) in [6, 6.07) is 15.7. The summed E-state index contributed by atoms with van der Waals surface area (Å²) in [5.74, 6) is 0.829. The monoisotopic (exact) mass is 308 g/mol. The highest BCUT2D eigenvalue weighted by Gasteiger charge is 2.10. The van der Waals surface area contributed by atoms with Crippen LogP contribution in [0.3, 0.4) is 0 Å². The van der Waals surface area contributed by atoms with Crippen molar-refractivity contribution in [3.63, 3.8) is 0 Å². The fourth-order valence-electron chi connectivity index (χ4n) is 2.67. The molecular formula is C19H20N2O2. The molecule has 0 saturated carbocycles. The number of aromatic amines is 1. The summed E-state index contributed by atoms with van der Waals surface area (Å²) in [4.78, 5) is 15.4. The van der Waals surface area contributed by atoms with Gasteiger partial charge in [-0.05, 0) is 53.8 Å². The Morgan fingerprint density at radius 2 is 1.96 bits per heavy atom. The van der Waals surface area contributed by atoms with E-state index in [1.807, 2.05) is 61.7 Å². The van der Waals surface area contributed by atoms with Crippen LogP contribution in [-0.2, 0) is 11.2 Å². The summed E-state index contributed by atoms with van der Waals surface area (Å²) in [6.07, 6.45) is 2.28. The second kappa shape index (κ2) is 6.57. The van der Waals surface area contributed by atoms with E-state index < -0.39 is 0 Å². The molecule has 3 aromatic rings. The van der Waals surface area contributed by atoms with Crippen LogP contribution < -0.4 is 10.1 Å². The molecule has 0 aliphatic heterocycles. The highest BCUT2D eigenvalue weighted by Crippen LogP contribution is 2.18. The maximum Gasteiger partial charge on any atom is 0.224 e.